The van der Waals surface area contributed by atoms with E-state index >= 15 is 0 Å². The molecule has 0 aliphatic heterocycles. The molecule has 0 saturated carbocycles. The van der Waals surface area contributed by atoms with Crippen molar-refractivity contribution in [3.63, 3.8) is 0 Å². The summed E-state index contributed by atoms with van der Waals surface area (Å²) in [6.07, 6.45) is 2.56. The van der Waals surface area contributed by atoms with Crippen molar-refractivity contribution in [1.82, 2.24) is 0 Å². The first-order valence-electron chi connectivity index (χ1n) is 4.64. The van der Waals surface area contributed by atoms with Gasteiger partial charge in [-0.1, -0.05) is 36.2 Å². The molecule has 2 heteroatoms. The van der Waals surface area contributed by atoms with Gasteiger partial charge in [0.1, 0.15) is 0 Å². The Kier molecular flexibility index (Phi) is 4.89. The first-order chi connectivity index (χ1) is 6.22. The van der Waals surface area contributed by atoms with Gasteiger partial charge in [0.2, 0.25) is 0 Å². The van der Waals surface area contributed by atoms with Gasteiger partial charge < -0.3 is 0 Å². The molecule has 0 heterocycles. The van der Waals surface area contributed by atoms with E-state index in [4.69, 9.17) is 0 Å². The summed E-state index contributed by atoms with van der Waals surface area (Å²) in [6.45, 7) is 4.52. The van der Waals surface area contributed by atoms with Crippen LogP contribution in [-0.4, -0.2) is 5.25 Å². The van der Waals surface area contributed by atoms with Crippen LogP contribution in [0.1, 0.15) is 26.7 Å². The normalized spacial score (nSPS) is 12.8. The van der Waals surface area contributed by atoms with Crippen LogP contribution in [0.3, 0.4) is 0 Å². The van der Waals surface area contributed by atoms with Crippen molar-refractivity contribution < 1.29 is 0 Å². The Bertz CT molecular complexity index is 243. The minimum Gasteiger partial charge on any atom is -0.123 e. The van der Waals surface area contributed by atoms with Crippen LogP contribution in [0.25, 0.3) is 0 Å². The number of benzene rings is 1. The van der Waals surface area contributed by atoms with E-state index in [-0.39, 0.29) is 0 Å². The zero-order valence-corrected chi connectivity index (χ0v) is 10.5. The molecular weight excluding hydrogens is 244 g/mol. The molecule has 0 amide bonds. The highest BCUT2D eigenvalue weighted by atomic mass is 79.9. The summed E-state index contributed by atoms with van der Waals surface area (Å²) in [5.41, 5.74) is 0. The summed E-state index contributed by atoms with van der Waals surface area (Å²) in [7, 11) is 0. The van der Waals surface area contributed by atoms with Crippen molar-refractivity contribution in [3.8, 4) is 0 Å². The van der Waals surface area contributed by atoms with E-state index in [0.717, 1.165) is 9.72 Å². The van der Waals surface area contributed by atoms with E-state index in [2.05, 4.69) is 54.0 Å². The number of halogens is 1. The number of rotatable bonds is 4. The van der Waals surface area contributed by atoms with Crippen LogP contribution >= 0.6 is 27.7 Å². The standard InChI is InChI=1S/C11H15BrS/c1-3-4-9(2)13-11-7-5-10(12)6-8-11/h5-9H,3-4H2,1-2H3. The molecule has 0 aromatic heterocycles. The van der Waals surface area contributed by atoms with E-state index in [9.17, 15) is 0 Å². The number of hydrogen-bond donors (Lipinski definition) is 0. The monoisotopic (exact) mass is 258 g/mol. The second-order valence-electron chi connectivity index (χ2n) is 3.17. The van der Waals surface area contributed by atoms with Gasteiger partial charge in [-0.2, -0.15) is 0 Å². The molecule has 0 nitrogen and oxygen atoms in total. The lowest BCUT2D eigenvalue weighted by Crippen LogP contribution is -1.93. The van der Waals surface area contributed by atoms with Crippen LogP contribution in [0, 0.1) is 0 Å². The quantitative estimate of drug-likeness (QED) is 0.704. The molecule has 0 aliphatic rings. The molecule has 0 fully saturated rings. The molecule has 1 rings (SSSR count). The van der Waals surface area contributed by atoms with Crippen LogP contribution in [0.2, 0.25) is 0 Å². The third kappa shape index (κ3) is 4.19. The average molecular weight is 259 g/mol. The van der Waals surface area contributed by atoms with Crippen molar-refractivity contribution in [2.75, 3.05) is 0 Å². The summed E-state index contributed by atoms with van der Waals surface area (Å²) in [6, 6.07) is 8.53. The molecule has 72 valence electrons. The molecular formula is C11H15BrS. The molecule has 0 N–H and O–H groups in total. The second kappa shape index (κ2) is 5.71. The highest BCUT2D eigenvalue weighted by Crippen LogP contribution is 2.26. The molecule has 0 spiro atoms. The van der Waals surface area contributed by atoms with Crippen LogP contribution < -0.4 is 0 Å². The number of hydrogen-bond acceptors (Lipinski definition) is 1. The van der Waals surface area contributed by atoms with Gasteiger partial charge in [0.05, 0.1) is 0 Å². The van der Waals surface area contributed by atoms with E-state index in [1.165, 1.54) is 17.7 Å². The van der Waals surface area contributed by atoms with Gasteiger partial charge in [0.25, 0.3) is 0 Å². The fraction of sp³-hybridized carbons (Fsp3) is 0.455. The van der Waals surface area contributed by atoms with Crippen LogP contribution in [-0.2, 0) is 0 Å². The van der Waals surface area contributed by atoms with Crippen molar-refractivity contribution >= 4 is 27.7 Å². The van der Waals surface area contributed by atoms with Gasteiger partial charge in [-0.25, -0.2) is 0 Å². The Morgan fingerprint density at radius 2 is 1.92 bits per heavy atom. The molecule has 13 heavy (non-hydrogen) atoms. The summed E-state index contributed by atoms with van der Waals surface area (Å²) < 4.78 is 1.15. The van der Waals surface area contributed by atoms with Crippen molar-refractivity contribution in [1.29, 1.82) is 0 Å². The lowest BCUT2D eigenvalue weighted by molar-refractivity contribution is 0.787. The van der Waals surface area contributed by atoms with E-state index in [1.807, 2.05) is 11.8 Å². The molecule has 1 atom stereocenters. The minimum absolute atomic E-state index is 0.728. The smallest absolute Gasteiger partial charge is 0.0176 e. The first kappa shape index (κ1) is 11.1. The van der Waals surface area contributed by atoms with Gasteiger partial charge in [0, 0.05) is 14.6 Å². The van der Waals surface area contributed by atoms with Crippen molar-refractivity contribution in [2.24, 2.45) is 0 Å². The van der Waals surface area contributed by atoms with Crippen LogP contribution in [0.4, 0.5) is 0 Å². The third-order valence-corrected chi connectivity index (χ3v) is 3.56. The van der Waals surface area contributed by atoms with E-state index in [1.54, 1.807) is 0 Å². The zero-order valence-electron chi connectivity index (χ0n) is 8.09. The molecule has 0 radical (unpaired) electrons. The largest absolute Gasteiger partial charge is 0.123 e. The van der Waals surface area contributed by atoms with E-state index in [0.29, 0.717) is 0 Å². The van der Waals surface area contributed by atoms with Gasteiger partial charge in [0.15, 0.2) is 0 Å². The SMILES string of the molecule is CCCC(C)Sc1ccc(Br)cc1. The molecule has 0 saturated heterocycles. The molecule has 1 aromatic rings. The number of thioether (sulfide) groups is 1. The predicted molar refractivity (Wildman–Crippen MR) is 64.4 cm³/mol. The van der Waals surface area contributed by atoms with Gasteiger partial charge in [-0.3, -0.25) is 0 Å². The van der Waals surface area contributed by atoms with Gasteiger partial charge in [-0.15, -0.1) is 11.8 Å². The molecule has 0 aliphatic carbocycles. The molecule has 0 bridgehead atoms. The highest BCUT2D eigenvalue weighted by Gasteiger charge is 2.02. The average Bonchev–Trinajstić information content (AvgIpc) is 2.09. The Morgan fingerprint density at radius 3 is 2.46 bits per heavy atom. The fourth-order valence-corrected chi connectivity index (χ4v) is 2.59. The summed E-state index contributed by atoms with van der Waals surface area (Å²) in [5.74, 6) is 0. The summed E-state index contributed by atoms with van der Waals surface area (Å²) in [4.78, 5) is 1.36. The second-order valence-corrected chi connectivity index (χ2v) is 5.60. The van der Waals surface area contributed by atoms with Gasteiger partial charge >= 0.3 is 0 Å². The lowest BCUT2D eigenvalue weighted by atomic mass is 10.3. The van der Waals surface area contributed by atoms with Crippen LogP contribution in [0.15, 0.2) is 33.6 Å². The van der Waals surface area contributed by atoms with E-state index < -0.39 is 0 Å². The van der Waals surface area contributed by atoms with Crippen LogP contribution in [0.5, 0.6) is 0 Å². The Morgan fingerprint density at radius 1 is 1.31 bits per heavy atom. The topological polar surface area (TPSA) is 0 Å². The van der Waals surface area contributed by atoms with Gasteiger partial charge in [-0.05, 0) is 30.7 Å². The Balaban J connectivity index is 2.49. The van der Waals surface area contributed by atoms with Crippen molar-refractivity contribution in [3.05, 3.63) is 28.7 Å². The van der Waals surface area contributed by atoms with Crippen molar-refractivity contribution in [2.45, 2.75) is 36.8 Å². The Labute approximate surface area is 93.2 Å². The highest BCUT2D eigenvalue weighted by molar-refractivity contribution is 9.10. The zero-order chi connectivity index (χ0) is 9.68. The Hall–Kier alpha value is 0.0500. The first-order valence-corrected chi connectivity index (χ1v) is 6.32. The lowest BCUT2D eigenvalue weighted by Gasteiger charge is -2.09. The summed E-state index contributed by atoms with van der Waals surface area (Å²) >= 11 is 5.39. The molecule has 1 unspecified atom stereocenters. The third-order valence-electron chi connectivity index (χ3n) is 1.85. The maximum atomic E-state index is 3.43. The molecule has 1 aromatic carbocycles. The maximum Gasteiger partial charge on any atom is 0.0176 e. The minimum atomic E-state index is 0.728. The fourth-order valence-electron chi connectivity index (χ4n) is 1.21. The summed E-state index contributed by atoms with van der Waals surface area (Å²) in [5, 5.41) is 0.728. The predicted octanol–water partition coefficient (Wildman–Crippen LogP) is 4.73. The maximum absolute atomic E-state index is 3.43.